The number of guanidine groups is 1. The average Bonchev–Trinajstić information content (AvgIpc) is 2.59. The zero-order chi connectivity index (χ0) is 18.0. The van der Waals surface area contributed by atoms with Crippen molar-refractivity contribution in [2.45, 2.75) is 32.6 Å². The summed E-state index contributed by atoms with van der Waals surface area (Å²) in [5, 5.41) is 9.36. The van der Waals surface area contributed by atoms with Gasteiger partial charge in [-0.3, -0.25) is 9.78 Å². The van der Waals surface area contributed by atoms with Gasteiger partial charge in [-0.15, -0.1) is 24.0 Å². The fourth-order valence-electron chi connectivity index (χ4n) is 2.91. The van der Waals surface area contributed by atoms with Crippen LogP contribution in [0, 0.1) is 5.41 Å². The van der Waals surface area contributed by atoms with Crippen LogP contribution in [0.4, 0.5) is 5.69 Å². The topological polar surface area (TPSA) is 87.6 Å². The van der Waals surface area contributed by atoms with Crippen LogP contribution in [0.25, 0.3) is 0 Å². The van der Waals surface area contributed by atoms with Gasteiger partial charge in [0.15, 0.2) is 5.96 Å². The van der Waals surface area contributed by atoms with E-state index in [0.717, 1.165) is 26.1 Å². The summed E-state index contributed by atoms with van der Waals surface area (Å²) >= 11 is 0. The van der Waals surface area contributed by atoms with Crippen molar-refractivity contribution in [2.24, 2.45) is 10.4 Å². The maximum absolute atomic E-state index is 12.0. The lowest BCUT2D eigenvalue weighted by molar-refractivity contribution is -0.114. The molecule has 0 spiro atoms. The van der Waals surface area contributed by atoms with Crippen LogP contribution >= 0.6 is 24.0 Å². The number of methoxy groups -OCH3 is 1. The lowest BCUT2D eigenvalue weighted by atomic mass is 9.67. The van der Waals surface area contributed by atoms with E-state index >= 15 is 0 Å². The predicted molar refractivity (Wildman–Crippen MR) is 115 cm³/mol. The van der Waals surface area contributed by atoms with Crippen molar-refractivity contribution in [3.05, 3.63) is 24.5 Å². The van der Waals surface area contributed by atoms with E-state index in [2.05, 4.69) is 25.9 Å². The standard InChI is InChI=1S/C18H29N5O2.HI/c1-3-20-17(22-14-18(7-5-8-18)9-11-25-2)21-13-16(24)23-15-6-4-10-19-12-15;/h4,6,10,12H,3,5,7-9,11,13-14H2,1-2H3,(H,23,24)(H2,20,21,22);1H. The van der Waals surface area contributed by atoms with Crippen molar-refractivity contribution < 1.29 is 9.53 Å². The molecule has 0 saturated heterocycles. The smallest absolute Gasteiger partial charge is 0.246 e. The number of anilines is 1. The van der Waals surface area contributed by atoms with Crippen molar-refractivity contribution in [3.63, 3.8) is 0 Å². The Kier molecular flexibility index (Phi) is 10.5. The molecule has 1 saturated carbocycles. The number of rotatable bonds is 9. The molecule has 0 bridgehead atoms. The van der Waals surface area contributed by atoms with Crippen molar-refractivity contribution in [1.82, 2.24) is 15.6 Å². The van der Waals surface area contributed by atoms with Gasteiger partial charge in [0.25, 0.3) is 0 Å². The zero-order valence-electron chi connectivity index (χ0n) is 15.6. The molecule has 1 heterocycles. The molecule has 2 rings (SSSR count). The molecule has 146 valence electrons. The van der Waals surface area contributed by atoms with E-state index in [9.17, 15) is 4.79 Å². The molecule has 0 aliphatic heterocycles. The Labute approximate surface area is 172 Å². The Bertz CT molecular complexity index is 564. The Morgan fingerprint density at radius 3 is 2.77 bits per heavy atom. The molecular formula is C18H30IN5O2. The van der Waals surface area contributed by atoms with Gasteiger partial charge in [0.1, 0.15) is 6.54 Å². The van der Waals surface area contributed by atoms with E-state index in [0.29, 0.717) is 17.1 Å². The van der Waals surface area contributed by atoms with Gasteiger partial charge in [-0.2, -0.15) is 0 Å². The SMILES string of the molecule is CCNC(=NCC(=O)Nc1cccnc1)NCC1(CCOC)CCC1.I. The van der Waals surface area contributed by atoms with Gasteiger partial charge in [-0.05, 0) is 43.7 Å². The first kappa shape index (κ1) is 22.6. The van der Waals surface area contributed by atoms with Crippen molar-refractivity contribution in [1.29, 1.82) is 0 Å². The first-order chi connectivity index (χ1) is 12.2. The Hall–Kier alpha value is -1.42. The second-order valence-electron chi connectivity index (χ2n) is 6.43. The van der Waals surface area contributed by atoms with E-state index in [-0.39, 0.29) is 36.4 Å². The molecule has 3 N–H and O–H groups in total. The number of amides is 1. The summed E-state index contributed by atoms with van der Waals surface area (Å²) in [6.45, 7) is 4.46. The maximum Gasteiger partial charge on any atom is 0.246 e. The van der Waals surface area contributed by atoms with Gasteiger partial charge >= 0.3 is 0 Å². The lowest BCUT2D eigenvalue weighted by Gasteiger charge is -2.42. The second-order valence-corrected chi connectivity index (χ2v) is 6.43. The fraction of sp³-hybridized carbons (Fsp3) is 0.611. The van der Waals surface area contributed by atoms with Gasteiger partial charge < -0.3 is 20.7 Å². The molecule has 8 heteroatoms. The van der Waals surface area contributed by atoms with E-state index in [1.54, 1.807) is 31.6 Å². The van der Waals surface area contributed by atoms with Gasteiger partial charge in [0.05, 0.1) is 11.9 Å². The number of halogens is 1. The first-order valence-electron chi connectivity index (χ1n) is 8.88. The number of aromatic nitrogens is 1. The van der Waals surface area contributed by atoms with Gasteiger partial charge in [-0.25, -0.2) is 4.99 Å². The van der Waals surface area contributed by atoms with E-state index in [1.807, 2.05) is 6.92 Å². The first-order valence-corrected chi connectivity index (χ1v) is 8.88. The number of hydrogen-bond acceptors (Lipinski definition) is 4. The van der Waals surface area contributed by atoms with Crippen molar-refractivity contribution in [2.75, 3.05) is 38.7 Å². The molecule has 26 heavy (non-hydrogen) atoms. The van der Waals surface area contributed by atoms with Crippen molar-refractivity contribution in [3.8, 4) is 0 Å². The summed E-state index contributed by atoms with van der Waals surface area (Å²) in [4.78, 5) is 20.4. The molecule has 7 nitrogen and oxygen atoms in total. The Morgan fingerprint density at radius 1 is 1.38 bits per heavy atom. The van der Waals surface area contributed by atoms with Crippen LogP contribution in [0.1, 0.15) is 32.6 Å². The zero-order valence-corrected chi connectivity index (χ0v) is 17.9. The van der Waals surface area contributed by atoms with Crippen LogP contribution in [0.3, 0.4) is 0 Å². The Morgan fingerprint density at radius 2 is 2.19 bits per heavy atom. The van der Waals surface area contributed by atoms with Crippen LogP contribution in [0.5, 0.6) is 0 Å². The van der Waals surface area contributed by atoms with Crippen LogP contribution in [0.15, 0.2) is 29.5 Å². The number of aliphatic imine (C=N–C) groups is 1. The quantitative estimate of drug-likeness (QED) is 0.290. The van der Waals surface area contributed by atoms with Crippen molar-refractivity contribution >= 4 is 41.5 Å². The second kappa shape index (κ2) is 12.1. The van der Waals surface area contributed by atoms with Gasteiger partial charge in [0, 0.05) is 33.0 Å². The third-order valence-corrected chi connectivity index (χ3v) is 4.55. The van der Waals surface area contributed by atoms with E-state index in [4.69, 9.17) is 4.74 Å². The van der Waals surface area contributed by atoms with Crippen LogP contribution in [-0.2, 0) is 9.53 Å². The monoisotopic (exact) mass is 475 g/mol. The fourth-order valence-corrected chi connectivity index (χ4v) is 2.91. The highest BCUT2D eigenvalue weighted by molar-refractivity contribution is 14.0. The van der Waals surface area contributed by atoms with E-state index in [1.165, 1.54) is 19.3 Å². The summed E-state index contributed by atoms with van der Waals surface area (Å²) < 4.78 is 5.23. The van der Waals surface area contributed by atoms with Gasteiger partial charge in [0.2, 0.25) is 5.91 Å². The minimum Gasteiger partial charge on any atom is -0.385 e. The molecule has 1 aromatic rings. The number of nitrogens with zero attached hydrogens (tertiary/aromatic N) is 2. The number of carbonyl (C=O) groups excluding carboxylic acids is 1. The summed E-state index contributed by atoms with van der Waals surface area (Å²) in [7, 11) is 1.74. The molecular weight excluding hydrogens is 445 g/mol. The average molecular weight is 475 g/mol. The normalized spacial score (nSPS) is 15.4. The molecule has 0 aromatic carbocycles. The Balaban J connectivity index is 0.00000338. The molecule has 1 aliphatic rings. The summed E-state index contributed by atoms with van der Waals surface area (Å²) in [5.74, 6) is 0.510. The molecule has 1 aromatic heterocycles. The third kappa shape index (κ3) is 7.45. The number of nitrogens with one attached hydrogen (secondary N) is 3. The number of carbonyl (C=O) groups is 1. The third-order valence-electron chi connectivity index (χ3n) is 4.55. The molecule has 1 amide bonds. The molecule has 1 aliphatic carbocycles. The van der Waals surface area contributed by atoms with Crippen LogP contribution in [-0.4, -0.2) is 50.2 Å². The van der Waals surface area contributed by atoms with E-state index < -0.39 is 0 Å². The summed E-state index contributed by atoms with van der Waals surface area (Å²) in [5.41, 5.74) is 0.970. The highest BCUT2D eigenvalue weighted by Gasteiger charge is 2.36. The molecule has 1 fully saturated rings. The summed E-state index contributed by atoms with van der Waals surface area (Å²) in [6, 6.07) is 3.58. The van der Waals surface area contributed by atoms with Gasteiger partial charge in [-0.1, -0.05) is 6.42 Å². The largest absolute Gasteiger partial charge is 0.385 e. The summed E-state index contributed by atoms with van der Waals surface area (Å²) in [6.07, 6.45) is 8.03. The molecule has 0 radical (unpaired) electrons. The highest BCUT2D eigenvalue weighted by atomic mass is 127. The number of pyridine rings is 1. The van der Waals surface area contributed by atoms with Crippen LogP contribution < -0.4 is 16.0 Å². The maximum atomic E-state index is 12.0. The minimum atomic E-state index is -0.164. The molecule has 0 atom stereocenters. The number of hydrogen-bond donors (Lipinski definition) is 3. The van der Waals surface area contributed by atoms with Crippen LogP contribution in [0.2, 0.25) is 0 Å². The predicted octanol–water partition coefficient (Wildman–Crippen LogP) is 2.40. The number of ether oxygens (including phenoxy) is 1. The minimum absolute atomic E-state index is 0. The highest BCUT2D eigenvalue weighted by Crippen LogP contribution is 2.43. The lowest BCUT2D eigenvalue weighted by Crippen LogP contribution is -2.47. The molecule has 0 unspecified atom stereocenters.